The highest BCUT2D eigenvalue weighted by Gasteiger charge is 2.38. The molecule has 0 unspecified atom stereocenters. The van der Waals surface area contributed by atoms with E-state index < -0.39 is 23.6 Å². The molecule has 0 radical (unpaired) electrons. The van der Waals surface area contributed by atoms with Crippen molar-refractivity contribution < 1.29 is 23.1 Å². The number of nitrogens with one attached hydrogen (secondary N) is 1. The van der Waals surface area contributed by atoms with Gasteiger partial charge in [0.2, 0.25) is 5.91 Å². The van der Waals surface area contributed by atoms with E-state index in [1.165, 1.54) is 54.4 Å². The molecular formula is C18H16F2N2O3. The number of halogens is 2. The van der Waals surface area contributed by atoms with Crippen LogP contribution in [0.1, 0.15) is 5.56 Å². The molecule has 3 rings (SSSR count). The van der Waals surface area contributed by atoms with E-state index in [0.29, 0.717) is 17.0 Å². The smallest absolute Gasteiger partial charge is 0.265 e. The lowest BCUT2D eigenvalue weighted by Gasteiger charge is -2.24. The second kappa shape index (κ2) is 6.88. The van der Waals surface area contributed by atoms with Gasteiger partial charge in [0.05, 0.1) is 0 Å². The Kier molecular flexibility index (Phi) is 4.65. The van der Waals surface area contributed by atoms with Gasteiger partial charge in [-0.3, -0.25) is 14.5 Å². The maximum absolute atomic E-state index is 13.4. The van der Waals surface area contributed by atoms with Crippen LogP contribution in [0, 0.1) is 11.6 Å². The summed E-state index contributed by atoms with van der Waals surface area (Å²) >= 11 is 0. The molecule has 0 bridgehead atoms. The molecular weight excluding hydrogens is 330 g/mol. The molecule has 7 heteroatoms. The number of hydrogen-bond acceptors (Lipinski definition) is 3. The van der Waals surface area contributed by atoms with Gasteiger partial charge in [0.15, 0.2) is 6.61 Å². The fourth-order valence-electron chi connectivity index (χ4n) is 2.85. The first-order valence-corrected chi connectivity index (χ1v) is 7.70. The lowest BCUT2D eigenvalue weighted by atomic mass is 10.1. The van der Waals surface area contributed by atoms with Gasteiger partial charge in [0.1, 0.15) is 23.4 Å². The average molecular weight is 346 g/mol. The largest absolute Gasteiger partial charge is 0.484 e. The van der Waals surface area contributed by atoms with Crippen LogP contribution in [0.3, 0.4) is 0 Å². The Bertz CT molecular complexity index is 808. The molecule has 0 aromatic heterocycles. The summed E-state index contributed by atoms with van der Waals surface area (Å²) in [7, 11) is 1.48. The Morgan fingerprint density at radius 3 is 2.52 bits per heavy atom. The number of carbonyl (C=O) groups excluding carboxylic acids is 2. The fourth-order valence-corrected chi connectivity index (χ4v) is 2.85. The summed E-state index contributed by atoms with van der Waals surface area (Å²) < 4.78 is 31.7. The molecule has 1 aliphatic heterocycles. The minimum absolute atomic E-state index is 0.231. The molecule has 1 N–H and O–H groups in total. The monoisotopic (exact) mass is 346 g/mol. The first-order valence-electron chi connectivity index (χ1n) is 7.70. The molecule has 2 aromatic carbocycles. The number of likely N-dealkylation sites (N-methyl/N-ethyl adjacent to an activating group) is 1. The maximum atomic E-state index is 13.4. The molecule has 0 fully saturated rings. The van der Waals surface area contributed by atoms with Crippen LogP contribution in [0.15, 0.2) is 42.5 Å². The number of rotatable bonds is 4. The Hall–Kier alpha value is -2.96. The number of hydrogen-bond donors (Lipinski definition) is 1. The molecule has 0 saturated carbocycles. The predicted molar refractivity (Wildman–Crippen MR) is 87.3 cm³/mol. The van der Waals surface area contributed by atoms with E-state index in [9.17, 15) is 18.4 Å². The molecule has 1 heterocycles. The third-order valence-electron chi connectivity index (χ3n) is 4.02. The zero-order valence-electron chi connectivity index (χ0n) is 13.5. The van der Waals surface area contributed by atoms with Crippen molar-refractivity contribution in [2.75, 3.05) is 18.6 Å². The van der Waals surface area contributed by atoms with Crippen LogP contribution in [-0.2, 0) is 16.0 Å². The molecule has 2 aromatic rings. The van der Waals surface area contributed by atoms with E-state index in [1.807, 2.05) is 0 Å². The van der Waals surface area contributed by atoms with Crippen molar-refractivity contribution in [2.24, 2.45) is 0 Å². The van der Waals surface area contributed by atoms with Gasteiger partial charge < -0.3 is 10.1 Å². The molecule has 0 saturated heterocycles. The molecule has 5 nitrogen and oxygen atoms in total. The molecule has 0 spiro atoms. The van der Waals surface area contributed by atoms with Gasteiger partial charge in [0.25, 0.3) is 5.91 Å². The third-order valence-corrected chi connectivity index (χ3v) is 4.02. The van der Waals surface area contributed by atoms with E-state index in [1.54, 1.807) is 0 Å². The maximum Gasteiger partial charge on any atom is 0.265 e. The van der Waals surface area contributed by atoms with Crippen LogP contribution in [0.25, 0.3) is 0 Å². The molecule has 130 valence electrons. The summed E-state index contributed by atoms with van der Waals surface area (Å²) in [6.07, 6.45) is 0.231. The van der Waals surface area contributed by atoms with Crippen LogP contribution in [0.2, 0.25) is 0 Å². The normalized spacial score (nSPS) is 15.6. The first kappa shape index (κ1) is 16.9. The average Bonchev–Trinajstić information content (AvgIpc) is 2.98. The van der Waals surface area contributed by atoms with Crippen LogP contribution in [0.5, 0.6) is 5.75 Å². The topological polar surface area (TPSA) is 58.6 Å². The summed E-state index contributed by atoms with van der Waals surface area (Å²) in [4.78, 5) is 26.0. The van der Waals surface area contributed by atoms with Gasteiger partial charge >= 0.3 is 0 Å². The number of fused-ring (bicyclic) bond motifs is 1. The molecule has 1 aliphatic rings. The van der Waals surface area contributed by atoms with Crippen LogP contribution in [-0.4, -0.2) is 31.5 Å². The molecule has 1 atom stereocenters. The second-order valence-corrected chi connectivity index (χ2v) is 5.61. The zero-order chi connectivity index (χ0) is 18.0. The molecule has 25 heavy (non-hydrogen) atoms. The van der Waals surface area contributed by atoms with Crippen molar-refractivity contribution in [3.63, 3.8) is 0 Å². The van der Waals surface area contributed by atoms with Crippen molar-refractivity contribution in [3.05, 3.63) is 59.7 Å². The van der Waals surface area contributed by atoms with Gasteiger partial charge in [-0.25, -0.2) is 8.78 Å². The number of amides is 2. The van der Waals surface area contributed by atoms with Crippen molar-refractivity contribution in [3.8, 4) is 5.75 Å². The highest BCUT2D eigenvalue weighted by atomic mass is 19.1. The highest BCUT2D eigenvalue weighted by molar-refractivity contribution is 6.04. The predicted octanol–water partition coefficient (Wildman–Crippen LogP) is 2.05. The quantitative estimate of drug-likeness (QED) is 0.922. The number of benzene rings is 2. The summed E-state index contributed by atoms with van der Waals surface area (Å²) in [5, 5.41) is 2.51. The summed E-state index contributed by atoms with van der Waals surface area (Å²) in [6, 6.07) is 8.54. The minimum atomic E-state index is -0.758. The Labute approximate surface area is 143 Å². The number of carbonyl (C=O) groups is 2. The van der Waals surface area contributed by atoms with Gasteiger partial charge in [-0.05, 0) is 48.0 Å². The second-order valence-electron chi connectivity index (χ2n) is 5.61. The van der Waals surface area contributed by atoms with Crippen LogP contribution < -0.4 is 15.0 Å². The van der Waals surface area contributed by atoms with Crippen LogP contribution >= 0.6 is 0 Å². The van der Waals surface area contributed by atoms with E-state index in [2.05, 4.69) is 5.32 Å². The summed E-state index contributed by atoms with van der Waals surface area (Å²) in [5.74, 6) is -1.28. The number of nitrogens with zero attached hydrogens (tertiary/aromatic N) is 1. The standard InChI is InChI=1S/C18H16F2N2O3/c1-21-18(24)16-9-11-8-13(20)4-7-15(11)22(16)17(23)10-25-14-5-2-12(19)3-6-14/h2-8,16H,9-10H2,1H3,(H,21,24)/t16-/m1/s1. The highest BCUT2D eigenvalue weighted by Crippen LogP contribution is 2.33. The number of anilines is 1. The van der Waals surface area contributed by atoms with Crippen LogP contribution in [0.4, 0.5) is 14.5 Å². The molecule has 2 amide bonds. The van der Waals surface area contributed by atoms with Gasteiger partial charge in [-0.1, -0.05) is 0 Å². The summed E-state index contributed by atoms with van der Waals surface area (Å²) in [5.41, 5.74) is 1.08. The van der Waals surface area contributed by atoms with E-state index in [4.69, 9.17) is 4.74 Å². The Morgan fingerprint density at radius 2 is 1.84 bits per heavy atom. The van der Waals surface area contributed by atoms with E-state index in [-0.39, 0.29) is 18.9 Å². The minimum Gasteiger partial charge on any atom is -0.484 e. The Balaban J connectivity index is 1.80. The lowest BCUT2D eigenvalue weighted by Crippen LogP contribution is -2.48. The lowest BCUT2D eigenvalue weighted by molar-refractivity contribution is -0.126. The zero-order valence-corrected chi connectivity index (χ0v) is 13.5. The van der Waals surface area contributed by atoms with Crippen molar-refractivity contribution in [1.29, 1.82) is 0 Å². The van der Waals surface area contributed by atoms with Crippen molar-refractivity contribution in [1.82, 2.24) is 5.32 Å². The molecule has 0 aliphatic carbocycles. The Morgan fingerprint density at radius 1 is 1.16 bits per heavy atom. The van der Waals surface area contributed by atoms with Crippen molar-refractivity contribution >= 4 is 17.5 Å². The van der Waals surface area contributed by atoms with Gasteiger partial charge in [-0.15, -0.1) is 0 Å². The fraction of sp³-hybridized carbons (Fsp3) is 0.222. The van der Waals surface area contributed by atoms with E-state index in [0.717, 1.165) is 0 Å². The number of ether oxygens (including phenoxy) is 1. The SMILES string of the molecule is CNC(=O)[C@H]1Cc2cc(F)ccc2N1C(=O)COc1ccc(F)cc1. The third kappa shape index (κ3) is 3.45. The van der Waals surface area contributed by atoms with Crippen molar-refractivity contribution in [2.45, 2.75) is 12.5 Å². The van der Waals surface area contributed by atoms with Gasteiger partial charge in [0, 0.05) is 19.2 Å². The first-order chi connectivity index (χ1) is 12.0. The van der Waals surface area contributed by atoms with E-state index >= 15 is 0 Å². The summed E-state index contributed by atoms with van der Waals surface area (Å²) in [6.45, 7) is -0.323. The van der Waals surface area contributed by atoms with Gasteiger partial charge in [-0.2, -0.15) is 0 Å².